The number of imidazole rings is 1. The molecule has 2 aromatic heterocycles. The molecule has 0 fully saturated rings. The summed E-state index contributed by atoms with van der Waals surface area (Å²) in [6.45, 7) is 6.88. The predicted molar refractivity (Wildman–Crippen MR) is 79.7 cm³/mol. The average Bonchev–Trinajstić information content (AvgIpc) is 2.74. The van der Waals surface area contributed by atoms with Crippen molar-refractivity contribution < 1.29 is 4.79 Å². The van der Waals surface area contributed by atoms with E-state index in [1.165, 1.54) is 0 Å². The van der Waals surface area contributed by atoms with Gasteiger partial charge in [-0.15, -0.1) is 11.6 Å². The first-order valence-corrected chi connectivity index (χ1v) is 7.20. The van der Waals surface area contributed by atoms with E-state index in [4.69, 9.17) is 11.6 Å². The molecule has 2 rings (SSSR count). The van der Waals surface area contributed by atoms with Crippen LogP contribution in [-0.2, 0) is 17.2 Å². The molecule has 0 bridgehead atoms. The number of aromatic nitrogens is 3. The number of halogens is 1. The number of aryl methyl sites for hydroxylation is 1. The molecule has 0 aliphatic heterocycles. The second-order valence-corrected chi connectivity index (χ2v) is 5.51. The van der Waals surface area contributed by atoms with Gasteiger partial charge in [-0.3, -0.25) is 4.79 Å². The number of alkyl halides is 1. The number of hydrogen-bond donors (Lipinski definition) is 1. The summed E-state index contributed by atoms with van der Waals surface area (Å²) in [6, 6.07) is 3.80. The normalized spacial score (nSPS) is 11.2. The van der Waals surface area contributed by atoms with Crippen molar-refractivity contribution in [3.8, 4) is 0 Å². The number of nitrogens with zero attached hydrogens (tertiary/aromatic N) is 3. The molecular formula is C14H19ClN4O. The third-order valence-corrected chi connectivity index (χ3v) is 3.18. The number of rotatable bonds is 5. The summed E-state index contributed by atoms with van der Waals surface area (Å²) in [5.74, 6) is 1.30. The van der Waals surface area contributed by atoms with Crippen LogP contribution >= 0.6 is 11.6 Å². The number of carbonyl (C=O) groups excluding carboxylic acids is 1. The molecule has 2 heterocycles. The Balaban J connectivity index is 2.27. The van der Waals surface area contributed by atoms with Gasteiger partial charge in [0, 0.05) is 12.2 Å². The molecule has 0 aliphatic rings. The summed E-state index contributed by atoms with van der Waals surface area (Å²) in [4.78, 5) is 20.8. The molecule has 2 aromatic rings. The third kappa shape index (κ3) is 3.28. The fourth-order valence-electron chi connectivity index (χ4n) is 1.93. The molecule has 0 saturated heterocycles. The van der Waals surface area contributed by atoms with Crippen molar-refractivity contribution in [3.63, 3.8) is 0 Å². The largest absolute Gasteiger partial charge is 0.354 e. The number of hydrogen-bond acceptors (Lipinski definition) is 3. The van der Waals surface area contributed by atoms with Gasteiger partial charge < -0.3 is 9.88 Å². The number of carbonyl (C=O) groups is 1. The van der Waals surface area contributed by atoms with Gasteiger partial charge in [0.25, 0.3) is 0 Å². The van der Waals surface area contributed by atoms with Crippen LogP contribution in [0.25, 0.3) is 11.2 Å². The van der Waals surface area contributed by atoms with Crippen molar-refractivity contribution in [1.82, 2.24) is 19.9 Å². The zero-order chi connectivity index (χ0) is 14.7. The first kappa shape index (κ1) is 14.8. The smallest absolute Gasteiger partial charge is 0.240 e. The molecule has 0 aliphatic carbocycles. The van der Waals surface area contributed by atoms with Crippen LogP contribution in [0.15, 0.2) is 12.1 Å². The van der Waals surface area contributed by atoms with E-state index in [0.717, 1.165) is 11.2 Å². The van der Waals surface area contributed by atoms with Crippen molar-refractivity contribution in [2.24, 2.45) is 5.92 Å². The van der Waals surface area contributed by atoms with Gasteiger partial charge in [0.15, 0.2) is 5.65 Å². The van der Waals surface area contributed by atoms with Gasteiger partial charge in [0.05, 0.1) is 5.88 Å². The maximum absolute atomic E-state index is 12.0. The van der Waals surface area contributed by atoms with E-state index in [0.29, 0.717) is 23.9 Å². The predicted octanol–water partition coefficient (Wildman–Crippen LogP) is 2.25. The SMILES string of the molecule is Cc1ccc2nc(CCl)n(CC(=O)NCC(C)C)c2n1. The highest BCUT2D eigenvalue weighted by atomic mass is 35.5. The van der Waals surface area contributed by atoms with Crippen molar-refractivity contribution in [1.29, 1.82) is 0 Å². The molecule has 0 saturated carbocycles. The van der Waals surface area contributed by atoms with Crippen LogP contribution in [0.1, 0.15) is 25.4 Å². The zero-order valence-corrected chi connectivity index (χ0v) is 12.7. The van der Waals surface area contributed by atoms with E-state index in [1.54, 1.807) is 4.57 Å². The van der Waals surface area contributed by atoms with E-state index in [1.807, 2.05) is 19.1 Å². The Labute approximate surface area is 123 Å². The van der Waals surface area contributed by atoms with Crippen LogP contribution in [0.4, 0.5) is 0 Å². The average molecular weight is 295 g/mol. The first-order valence-electron chi connectivity index (χ1n) is 6.66. The van der Waals surface area contributed by atoms with Gasteiger partial charge in [-0.05, 0) is 25.0 Å². The second kappa shape index (κ2) is 6.22. The van der Waals surface area contributed by atoms with E-state index >= 15 is 0 Å². The van der Waals surface area contributed by atoms with Gasteiger partial charge in [-0.25, -0.2) is 9.97 Å². The molecule has 20 heavy (non-hydrogen) atoms. The van der Waals surface area contributed by atoms with Gasteiger partial charge in [0.1, 0.15) is 17.9 Å². The second-order valence-electron chi connectivity index (χ2n) is 5.24. The van der Waals surface area contributed by atoms with Crippen LogP contribution in [0.2, 0.25) is 0 Å². The minimum atomic E-state index is -0.0485. The zero-order valence-electron chi connectivity index (χ0n) is 12.0. The molecular weight excluding hydrogens is 276 g/mol. The standard InChI is InChI=1S/C14H19ClN4O/c1-9(2)7-16-13(20)8-19-12(6-15)18-11-5-4-10(3)17-14(11)19/h4-5,9H,6-8H2,1-3H3,(H,16,20). The molecule has 1 amide bonds. The maximum Gasteiger partial charge on any atom is 0.240 e. The fourth-order valence-corrected chi connectivity index (χ4v) is 2.13. The molecule has 5 nitrogen and oxygen atoms in total. The Kier molecular flexibility index (Phi) is 4.60. The van der Waals surface area contributed by atoms with E-state index in [2.05, 4.69) is 29.1 Å². The topological polar surface area (TPSA) is 59.8 Å². The van der Waals surface area contributed by atoms with Crippen LogP contribution in [0.5, 0.6) is 0 Å². The van der Waals surface area contributed by atoms with Crippen molar-refractivity contribution in [2.45, 2.75) is 33.2 Å². The molecule has 0 atom stereocenters. The third-order valence-electron chi connectivity index (χ3n) is 2.94. The number of pyridine rings is 1. The molecule has 108 valence electrons. The van der Waals surface area contributed by atoms with E-state index < -0.39 is 0 Å². The molecule has 1 N–H and O–H groups in total. The minimum absolute atomic E-state index is 0.0485. The fraction of sp³-hybridized carbons (Fsp3) is 0.500. The quantitative estimate of drug-likeness (QED) is 0.861. The lowest BCUT2D eigenvalue weighted by atomic mass is 10.2. The van der Waals surface area contributed by atoms with Crippen LogP contribution in [0, 0.1) is 12.8 Å². The van der Waals surface area contributed by atoms with Crippen LogP contribution < -0.4 is 5.32 Å². The Bertz CT molecular complexity index is 621. The lowest BCUT2D eigenvalue weighted by molar-refractivity contribution is -0.121. The van der Waals surface area contributed by atoms with Crippen LogP contribution in [-0.4, -0.2) is 27.0 Å². The highest BCUT2D eigenvalue weighted by Crippen LogP contribution is 2.16. The highest BCUT2D eigenvalue weighted by molar-refractivity contribution is 6.16. The summed E-state index contributed by atoms with van der Waals surface area (Å²) < 4.78 is 1.78. The first-order chi connectivity index (χ1) is 9.51. The number of fused-ring (bicyclic) bond motifs is 1. The summed E-state index contributed by atoms with van der Waals surface area (Å²) in [7, 11) is 0. The lowest BCUT2D eigenvalue weighted by Gasteiger charge is -2.10. The van der Waals surface area contributed by atoms with Gasteiger partial charge in [-0.1, -0.05) is 13.8 Å². The Morgan fingerprint density at radius 1 is 1.40 bits per heavy atom. The van der Waals surface area contributed by atoms with Crippen LogP contribution in [0.3, 0.4) is 0 Å². The Morgan fingerprint density at radius 3 is 2.80 bits per heavy atom. The number of nitrogens with one attached hydrogen (secondary N) is 1. The highest BCUT2D eigenvalue weighted by Gasteiger charge is 2.14. The van der Waals surface area contributed by atoms with Crippen molar-refractivity contribution in [3.05, 3.63) is 23.7 Å². The maximum atomic E-state index is 12.0. The summed E-state index contributed by atoms with van der Waals surface area (Å²) in [5, 5.41) is 2.89. The Hall–Kier alpha value is -1.62. The summed E-state index contributed by atoms with van der Waals surface area (Å²) in [5.41, 5.74) is 2.37. The van der Waals surface area contributed by atoms with E-state index in [-0.39, 0.29) is 18.3 Å². The van der Waals surface area contributed by atoms with Gasteiger partial charge in [0.2, 0.25) is 5.91 Å². The van der Waals surface area contributed by atoms with Crippen molar-refractivity contribution in [2.75, 3.05) is 6.54 Å². The number of amides is 1. The molecule has 0 radical (unpaired) electrons. The lowest BCUT2D eigenvalue weighted by Crippen LogP contribution is -2.31. The summed E-state index contributed by atoms with van der Waals surface area (Å²) >= 11 is 5.91. The molecule has 0 spiro atoms. The van der Waals surface area contributed by atoms with Gasteiger partial charge >= 0.3 is 0 Å². The van der Waals surface area contributed by atoms with E-state index in [9.17, 15) is 4.79 Å². The minimum Gasteiger partial charge on any atom is -0.354 e. The molecule has 0 aromatic carbocycles. The summed E-state index contributed by atoms with van der Waals surface area (Å²) in [6.07, 6.45) is 0. The van der Waals surface area contributed by atoms with Gasteiger partial charge in [-0.2, -0.15) is 0 Å². The van der Waals surface area contributed by atoms with Crippen molar-refractivity contribution >= 4 is 28.7 Å². The molecule has 6 heteroatoms. The monoisotopic (exact) mass is 294 g/mol. The molecule has 0 unspecified atom stereocenters. The Morgan fingerprint density at radius 2 is 2.15 bits per heavy atom.